The lowest BCUT2D eigenvalue weighted by Crippen LogP contribution is -2.49. The minimum absolute atomic E-state index is 0.0211. The Morgan fingerprint density at radius 1 is 1.38 bits per heavy atom. The first kappa shape index (κ1) is 16.9. The van der Waals surface area contributed by atoms with Gasteiger partial charge < -0.3 is 15.7 Å². The van der Waals surface area contributed by atoms with Gasteiger partial charge in [-0.15, -0.1) is 0 Å². The number of nitrogens with one attached hydrogen (secondary N) is 2. The van der Waals surface area contributed by atoms with Gasteiger partial charge in [0.1, 0.15) is 5.82 Å². The van der Waals surface area contributed by atoms with E-state index in [-0.39, 0.29) is 18.3 Å². The van der Waals surface area contributed by atoms with Gasteiger partial charge in [-0.3, -0.25) is 4.79 Å². The van der Waals surface area contributed by atoms with Gasteiger partial charge in [0.2, 0.25) is 0 Å². The molecule has 0 aromatic heterocycles. The molecule has 1 unspecified atom stereocenters. The normalized spacial score (nSPS) is 12.6. The summed E-state index contributed by atoms with van der Waals surface area (Å²) in [6, 6.07) is 5.24. The van der Waals surface area contributed by atoms with Crippen molar-refractivity contribution in [2.45, 2.75) is 45.2 Å². The van der Waals surface area contributed by atoms with Crippen LogP contribution < -0.4 is 10.6 Å². The number of amides is 2. The van der Waals surface area contributed by atoms with Gasteiger partial charge in [0, 0.05) is 12.0 Å². The van der Waals surface area contributed by atoms with Gasteiger partial charge in [0.15, 0.2) is 0 Å². The predicted molar refractivity (Wildman–Crippen MR) is 77.4 cm³/mol. The molecule has 0 radical (unpaired) electrons. The number of urea groups is 1. The van der Waals surface area contributed by atoms with E-state index < -0.39 is 17.5 Å². The van der Waals surface area contributed by atoms with Crippen LogP contribution in [-0.4, -0.2) is 22.6 Å². The molecule has 5 nitrogen and oxygen atoms in total. The molecule has 0 saturated carbocycles. The Morgan fingerprint density at radius 2 is 2.05 bits per heavy atom. The number of benzene rings is 1. The maximum Gasteiger partial charge on any atom is 0.315 e. The maximum absolute atomic E-state index is 13.1. The Morgan fingerprint density at radius 3 is 2.62 bits per heavy atom. The van der Waals surface area contributed by atoms with Crippen LogP contribution in [0.5, 0.6) is 0 Å². The van der Waals surface area contributed by atoms with E-state index in [0.29, 0.717) is 12.0 Å². The number of hydrogen-bond donors (Lipinski definition) is 3. The first-order valence-electron chi connectivity index (χ1n) is 6.75. The van der Waals surface area contributed by atoms with Crippen LogP contribution in [0.3, 0.4) is 0 Å². The lowest BCUT2D eigenvalue weighted by Gasteiger charge is -2.27. The van der Waals surface area contributed by atoms with E-state index >= 15 is 0 Å². The molecule has 0 bridgehead atoms. The largest absolute Gasteiger partial charge is 0.481 e. The highest BCUT2D eigenvalue weighted by atomic mass is 19.1. The van der Waals surface area contributed by atoms with Crippen molar-refractivity contribution in [1.82, 2.24) is 10.6 Å². The van der Waals surface area contributed by atoms with Crippen LogP contribution in [0.1, 0.15) is 45.2 Å². The molecule has 3 N–H and O–H groups in total. The molecule has 21 heavy (non-hydrogen) atoms. The number of aliphatic carboxylic acids is 1. The highest BCUT2D eigenvalue weighted by molar-refractivity contribution is 5.75. The molecular formula is C15H21FN2O3. The summed E-state index contributed by atoms with van der Waals surface area (Å²) < 4.78 is 13.1. The molecule has 0 saturated heterocycles. The molecule has 6 heteroatoms. The first-order valence-corrected chi connectivity index (χ1v) is 6.75. The average molecular weight is 296 g/mol. The molecule has 0 heterocycles. The smallest absolute Gasteiger partial charge is 0.315 e. The lowest BCUT2D eigenvalue weighted by molar-refractivity contribution is -0.137. The number of rotatable bonds is 6. The maximum atomic E-state index is 13.1. The van der Waals surface area contributed by atoms with E-state index in [2.05, 4.69) is 10.6 Å². The van der Waals surface area contributed by atoms with Crippen LogP contribution in [-0.2, 0) is 4.79 Å². The van der Waals surface area contributed by atoms with Crippen molar-refractivity contribution in [2.75, 3.05) is 0 Å². The minimum Gasteiger partial charge on any atom is -0.481 e. The van der Waals surface area contributed by atoms with Gasteiger partial charge in [-0.1, -0.05) is 12.1 Å². The standard InChI is InChI=1S/C15H21FN2O3/c1-10(11-5-4-6-12(16)9-11)17-14(21)18-15(2,3)8-7-13(19)20/h4-6,9-10H,7-8H2,1-3H3,(H,19,20)(H2,17,18,21). The van der Waals surface area contributed by atoms with Gasteiger partial charge in [-0.2, -0.15) is 0 Å². The molecule has 1 rings (SSSR count). The van der Waals surface area contributed by atoms with E-state index in [1.165, 1.54) is 12.1 Å². The summed E-state index contributed by atoms with van der Waals surface area (Å²) in [6.07, 6.45) is 0.302. The highest BCUT2D eigenvalue weighted by Crippen LogP contribution is 2.15. The fourth-order valence-corrected chi connectivity index (χ4v) is 1.88. The molecule has 1 aromatic rings. The molecule has 0 fully saturated rings. The second-order valence-corrected chi connectivity index (χ2v) is 5.65. The lowest BCUT2D eigenvalue weighted by atomic mass is 9.99. The van der Waals surface area contributed by atoms with Crippen LogP contribution in [0.15, 0.2) is 24.3 Å². The number of carboxylic acid groups (broad SMARTS) is 1. The molecule has 0 aliphatic carbocycles. The van der Waals surface area contributed by atoms with Gasteiger partial charge in [-0.05, 0) is 44.9 Å². The van der Waals surface area contributed by atoms with Crippen molar-refractivity contribution in [3.05, 3.63) is 35.6 Å². The fraction of sp³-hybridized carbons (Fsp3) is 0.467. The second kappa shape index (κ2) is 7.06. The van der Waals surface area contributed by atoms with Crippen LogP contribution in [0.25, 0.3) is 0 Å². The van der Waals surface area contributed by atoms with Crippen LogP contribution in [0.4, 0.5) is 9.18 Å². The van der Waals surface area contributed by atoms with Crippen LogP contribution in [0.2, 0.25) is 0 Å². The Kier molecular flexibility index (Phi) is 5.69. The summed E-state index contributed by atoms with van der Waals surface area (Å²) in [7, 11) is 0. The van der Waals surface area contributed by atoms with E-state index in [0.717, 1.165) is 0 Å². The van der Waals surface area contributed by atoms with Crippen molar-refractivity contribution in [3.8, 4) is 0 Å². The number of halogens is 1. The van der Waals surface area contributed by atoms with Gasteiger partial charge in [0.05, 0.1) is 6.04 Å². The monoisotopic (exact) mass is 296 g/mol. The van der Waals surface area contributed by atoms with E-state index in [1.807, 2.05) is 0 Å². The quantitative estimate of drug-likeness (QED) is 0.755. The summed E-state index contributed by atoms with van der Waals surface area (Å²) in [5, 5.41) is 14.1. The van der Waals surface area contributed by atoms with Crippen molar-refractivity contribution >= 4 is 12.0 Å². The molecule has 1 aromatic carbocycles. The Balaban J connectivity index is 2.54. The Labute approximate surface area is 123 Å². The summed E-state index contributed by atoms with van der Waals surface area (Å²) in [5.41, 5.74) is 0.0259. The van der Waals surface area contributed by atoms with Gasteiger partial charge in [0.25, 0.3) is 0 Å². The zero-order chi connectivity index (χ0) is 16.0. The molecule has 1 atom stereocenters. The molecule has 0 aliphatic rings. The highest BCUT2D eigenvalue weighted by Gasteiger charge is 2.22. The Bertz CT molecular complexity index is 517. The molecule has 116 valence electrons. The zero-order valence-electron chi connectivity index (χ0n) is 12.4. The fourth-order valence-electron chi connectivity index (χ4n) is 1.88. The first-order chi connectivity index (χ1) is 9.69. The van der Waals surface area contributed by atoms with E-state index in [4.69, 9.17) is 5.11 Å². The molecule has 0 aliphatic heterocycles. The zero-order valence-corrected chi connectivity index (χ0v) is 12.4. The third-order valence-electron chi connectivity index (χ3n) is 3.11. The summed E-state index contributed by atoms with van der Waals surface area (Å²) in [4.78, 5) is 22.5. The van der Waals surface area contributed by atoms with Crippen molar-refractivity contribution in [1.29, 1.82) is 0 Å². The summed E-state index contributed by atoms with van der Waals surface area (Å²) in [6.45, 7) is 5.25. The average Bonchev–Trinajstić information content (AvgIpc) is 2.35. The number of carbonyl (C=O) groups excluding carboxylic acids is 1. The van der Waals surface area contributed by atoms with E-state index in [9.17, 15) is 14.0 Å². The van der Waals surface area contributed by atoms with Gasteiger partial charge >= 0.3 is 12.0 Å². The van der Waals surface area contributed by atoms with Gasteiger partial charge in [-0.25, -0.2) is 9.18 Å². The topological polar surface area (TPSA) is 78.4 Å². The predicted octanol–water partition coefficient (Wildman–Crippen LogP) is 2.83. The molecular weight excluding hydrogens is 275 g/mol. The van der Waals surface area contributed by atoms with Crippen molar-refractivity contribution in [3.63, 3.8) is 0 Å². The van der Waals surface area contributed by atoms with E-state index in [1.54, 1.807) is 32.9 Å². The number of hydrogen-bond acceptors (Lipinski definition) is 2. The van der Waals surface area contributed by atoms with Crippen LogP contribution in [0, 0.1) is 5.82 Å². The SMILES string of the molecule is CC(NC(=O)NC(C)(C)CCC(=O)O)c1cccc(F)c1. The van der Waals surface area contributed by atoms with Crippen molar-refractivity contribution < 1.29 is 19.1 Å². The summed E-state index contributed by atoms with van der Waals surface area (Å²) >= 11 is 0. The third-order valence-corrected chi connectivity index (χ3v) is 3.11. The number of carboxylic acids is 1. The second-order valence-electron chi connectivity index (χ2n) is 5.65. The van der Waals surface area contributed by atoms with Crippen LogP contribution >= 0.6 is 0 Å². The van der Waals surface area contributed by atoms with Crippen molar-refractivity contribution in [2.24, 2.45) is 0 Å². The number of carbonyl (C=O) groups is 2. The summed E-state index contributed by atoms with van der Waals surface area (Å²) in [5.74, 6) is -1.26. The third kappa shape index (κ3) is 6.25. The molecule has 0 spiro atoms. The Hall–Kier alpha value is -2.11. The minimum atomic E-state index is -0.904. The molecule has 2 amide bonds.